The van der Waals surface area contributed by atoms with E-state index in [1.807, 2.05) is 26.8 Å². The summed E-state index contributed by atoms with van der Waals surface area (Å²) in [4.78, 5) is 24.4. The third-order valence-electron chi connectivity index (χ3n) is 4.77. The molecule has 0 unspecified atom stereocenters. The Morgan fingerprint density at radius 1 is 1.03 bits per heavy atom. The molecule has 2 aromatic carbocycles. The van der Waals surface area contributed by atoms with Crippen LogP contribution in [-0.4, -0.2) is 18.4 Å². The van der Waals surface area contributed by atoms with Gasteiger partial charge in [0.05, 0.1) is 12.1 Å². The first-order chi connectivity index (χ1) is 13.7. The van der Waals surface area contributed by atoms with Crippen molar-refractivity contribution in [3.8, 4) is 0 Å². The lowest BCUT2D eigenvalue weighted by Gasteiger charge is -2.19. The summed E-state index contributed by atoms with van der Waals surface area (Å²) in [6, 6.07) is 10.6. The van der Waals surface area contributed by atoms with Crippen LogP contribution in [0.3, 0.4) is 0 Å². The molecule has 1 heterocycles. The maximum absolute atomic E-state index is 14.7. The second kappa shape index (κ2) is 8.74. The van der Waals surface area contributed by atoms with Gasteiger partial charge in [-0.1, -0.05) is 39.0 Å². The van der Waals surface area contributed by atoms with Crippen molar-refractivity contribution in [2.24, 2.45) is 5.41 Å². The molecule has 3 rings (SSSR count). The second-order valence-corrected chi connectivity index (χ2v) is 8.70. The number of rotatable bonds is 5. The van der Waals surface area contributed by atoms with Crippen molar-refractivity contribution in [2.75, 3.05) is 17.2 Å². The summed E-state index contributed by atoms with van der Waals surface area (Å²) < 4.78 is 14.7. The molecule has 1 aliphatic rings. The molecule has 2 aromatic rings. The van der Waals surface area contributed by atoms with Gasteiger partial charge in [-0.3, -0.25) is 9.59 Å². The van der Waals surface area contributed by atoms with Crippen molar-refractivity contribution >= 4 is 23.2 Å². The van der Waals surface area contributed by atoms with Gasteiger partial charge in [-0.15, -0.1) is 0 Å². The SMILES string of the molecule is CC(C)(C)CC(=O)Nc1ccc(CC(=O)Nc2ccc3c(c2F)CCNC3)cc1. The number of carbonyl (C=O) groups excluding carboxylic acids is 2. The fourth-order valence-corrected chi connectivity index (χ4v) is 3.40. The molecule has 5 nitrogen and oxygen atoms in total. The molecular weight excluding hydrogens is 369 g/mol. The van der Waals surface area contributed by atoms with E-state index >= 15 is 0 Å². The van der Waals surface area contributed by atoms with Gasteiger partial charge in [-0.05, 0) is 53.3 Å². The summed E-state index contributed by atoms with van der Waals surface area (Å²) in [7, 11) is 0. The van der Waals surface area contributed by atoms with Gasteiger partial charge in [0.15, 0.2) is 0 Å². The summed E-state index contributed by atoms with van der Waals surface area (Å²) in [5.74, 6) is -0.655. The topological polar surface area (TPSA) is 70.2 Å². The fraction of sp³-hybridized carbons (Fsp3) is 0.391. The van der Waals surface area contributed by atoms with Crippen LogP contribution in [0.25, 0.3) is 0 Å². The first kappa shape index (κ1) is 21.0. The molecule has 29 heavy (non-hydrogen) atoms. The van der Waals surface area contributed by atoms with E-state index in [0.29, 0.717) is 30.6 Å². The highest BCUT2D eigenvalue weighted by atomic mass is 19.1. The number of benzene rings is 2. The zero-order chi connectivity index (χ0) is 21.0. The minimum Gasteiger partial charge on any atom is -0.326 e. The Morgan fingerprint density at radius 3 is 2.45 bits per heavy atom. The van der Waals surface area contributed by atoms with Crippen LogP contribution < -0.4 is 16.0 Å². The summed E-state index contributed by atoms with van der Waals surface area (Å²) in [5.41, 5.74) is 3.25. The van der Waals surface area contributed by atoms with E-state index in [4.69, 9.17) is 0 Å². The molecule has 2 amide bonds. The number of carbonyl (C=O) groups is 2. The lowest BCUT2D eigenvalue weighted by atomic mass is 9.92. The summed E-state index contributed by atoms with van der Waals surface area (Å²) in [6.07, 6.45) is 1.18. The van der Waals surface area contributed by atoms with E-state index in [1.54, 1.807) is 30.3 Å². The first-order valence-corrected chi connectivity index (χ1v) is 9.91. The van der Waals surface area contributed by atoms with Gasteiger partial charge in [0, 0.05) is 18.7 Å². The molecule has 0 radical (unpaired) electrons. The van der Waals surface area contributed by atoms with E-state index in [-0.39, 0.29) is 35.2 Å². The van der Waals surface area contributed by atoms with Crippen LogP contribution in [0.4, 0.5) is 15.8 Å². The zero-order valence-corrected chi connectivity index (χ0v) is 17.2. The largest absolute Gasteiger partial charge is 0.326 e. The van der Waals surface area contributed by atoms with E-state index < -0.39 is 0 Å². The normalized spacial score (nSPS) is 13.5. The maximum atomic E-state index is 14.7. The average molecular weight is 397 g/mol. The van der Waals surface area contributed by atoms with Gasteiger partial charge in [0.1, 0.15) is 5.82 Å². The number of amides is 2. The second-order valence-electron chi connectivity index (χ2n) is 8.70. The Bertz CT molecular complexity index is 902. The number of halogens is 1. The Labute approximate surface area is 171 Å². The van der Waals surface area contributed by atoms with Crippen LogP contribution in [0.2, 0.25) is 0 Å². The maximum Gasteiger partial charge on any atom is 0.228 e. The van der Waals surface area contributed by atoms with Crippen LogP contribution >= 0.6 is 0 Å². The van der Waals surface area contributed by atoms with E-state index in [1.165, 1.54) is 0 Å². The molecule has 0 saturated heterocycles. The zero-order valence-electron chi connectivity index (χ0n) is 17.2. The Kier molecular flexibility index (Phi) is 6.33. The summed E-state index contributed by atoms with van der Waals surface area (Å²) >= 11 is 0. The van der Waals surface area contributed by atoms with Crippen molar-refractivity contribution in [3.63, 3.8) is 0 Å². The molecule has 0 atom stereocenters. The summed E-state index contributed by atoms with van der Waals surface area (Å²) in [5, 5.41) is 8.75. The number of hydrogen-bond acceptors (Lipinski definition) is 3. The van der Waals surface area contributed by atoms with Crippen LogP contribution in [0, 0.1) is 11.2 Å². The Balaban J connectivity index is 1.58. The lowest BCUT2D eigenvalue weighted by molar-refractivity contribution is -0.118. The molecule has 0 saturated carbocycles. The van der Waals surface area contributed by atoms with Crippen LogP contribution in [0.5, 0.6) is 0 Å². The van der Waals surface area contributed by atoms with Crippen molar-refractivity contribution in [1.29, 1.82) is 0 Å². The standard InChI is InChI=1S/C23H28FN3O2/c1-23(2,3)13-21(29)26-17-7-4-15(5-8-17)12-20(28)27-19-9-6-16-14-25-11-10-18(16)22(19)24/h4-9,25H,10-14H2,1-3H3,(H,26,29)(H,27,28). The van der Waals surface area contributed by atoms with Crippen molar-refractivity contribution < 1.29 is 14.0 Å². The number of fused-ring (bicyclic) bond motifs is 1. The molecule has 0 aromatic heterocycles. The molecule has 154 valence electrons. The minimum absolute atomic E-state index is 0.0407. The van der Waals surface area contributed by atoms with Crippen molar-refractivity contribution in [1.82, 2.24) is 5.32 Å². The highest BCUT2D eigenvalue weighted by Crippen LogP contribution is 2.25. The number of nitrogens with one attached hydrogen (secondary N) is 3. The molecular formula is C23H28FN3O2. The predicted octanol–water partition coefficient (Wildman–Crippen LogP) is 4.03. The highest BCUT2D eigenvalue weighted by Gasteiger charge is 2.18. The average Bonchev–Trinajstić information content (AvgIpc) is 2.64. The summed E-state index contributed by atoms with van der Waals surface area (Å²) in [6.45, 7) is 7.42. The van der Waals surface area contributed by atoms with Gasteiger partial charge in [-0.25, -0.2) is 4.39 Å². The van der Waals surface area contributed by atoms with Gasteiger partial charge in [0.2, 0.25) is 11.8 Å². The smallest absolute Gasteiger partial charge is 0.228 e. The fourth-order valence-electron chi connectivity index (χ4n) is 3.40. The quantitative estimate of drug-likeness (QED) is 0.713. The van der Waals surface area contributed by atoms with Gasteiger partial charge >= 0.3 is 0 Å². The molecule has 0 bridgehead atoms. The predicted molar refractivity (Wildman–Crippen MR) is 113 cm³/mol. The highest BCUT2D eigenvalue weighted by molar-refractivity contribution is 5.93. The van der Waals surface area contributed by atoms with Gasteiger partial charge < -0.3 is 16.0 Å². The Hall–Kier alpha value is -2.73. The number of hydrogen-bond donors (Lipinski definition) is 3. The third-order valence-corrected chi connectivity index (χ3v) is 4.77. The third kappa shape index (κ3) is 5.87. The molecule has 3 N–H and O–H groups in total. The molecule has 0 aliphatic carbocycles. The Morgan fingerprint density at radius 2 is 1.76 bits per heavy atom. The first-order valence-electron chi connectivity index (χ1n) is 9.91. The minimum atomic E-state index is -0.339. The number of anilines is 2. The molecule has 0 spiro atoms. The van der Waals surface area contributed by atoms with E-state index in [2.05, 4.69) is 16.0 Å². The van der Waals surface area contributed by atoms with E-state index in [0.717, 1.165) is 17.7 Å². The molecule has 6 heteroatoms. The van der Waals surface area contributed by atoms with Crippen molar-refractivity contribution in [2.45, 2.75) is 46.6 Å². The monoisotopic (exact) mass is 397 g/mol. The van der Waals surface area contributed by atoms with Crippen LogP contribution in [-0.2, 0) is 29.0 Å². The van der Waals surface area contributed by atoms with Crippen LogP contribution in [0.15, 0.2) is 36.4 Å². The van der Waals surface area contributed by atoms with Gasteiger partial charge in [-0.2, -0.15) is 0 Å². The van der Waals surface area contributed by atoms with E-state index in [9.17, 15) is 14.0 Å². The van der Waals surface area contributed by atoms with Gasteiger partial charge in [0.25, 0.3) is 0 Å². The molecule has 1 aliphatic heterocycles. The molecule has 0 fully saturated rings. The van der Waals surface area contributed by atoms with Crippen molar-refractivity contribution in [3.05, 3.63) is 58.9 Å². The lowest BCUT2D eigenvalue weighted by Crippen LogP contribution is -2.25. The van der Waals surface area contributed by atoms with Crippen LogP contribution in [0.1, 0.15) is 43.9 Å².